The highest BCUT2D eigenvalue weighted by atomic mass is 35.5. The summed E-state index contributed by atoms with van der Waals surface area (Å²) in [5, 5.41) is 0.294. The molecule has 2 aliphatic heterocycles. The molecule has 0 unspecified atom stereocenters. The number of halogens is 1. The first kappa shape index (κ1) is 39.1. The molecule has 0 spiro atoms. The Morgan fingerprint density at radius 2 is 1.52 bits per heavy atom. The molecular formula is C41H50ClN5O7. The second-order valence-corrected chi connectivity index (χ2v) is 14.6. The molecule has 13 heteroatoms. The molecule has 2 fully saturated rings. The standard InChI is InChI=1S/C41H50ClN5O7/c1-6-15-46-25-33(26(2)27(3)39(46)49)29-23-36(52-4)32(37(24-29)53-5)13-18-44-16-9-30(10-17-44)54-31-11-19-45(20-12-31)40(50)28-7-8-34(42)35(22-28)47-21-14-38(48)43-41(47)51/h7-8,14,21-25,30-31H,6,9-13,15-20H2,1-5H3,(H,43,48,51). The van der Waals surface area contributed by atoms with Gasteiger partial charge in [0, 0.05) is 80.0 Å². The average Bonchev–Trinajstić information content (AvgIpc) is 3.18. The number of nitrogens with zero attached hydrogens (tertiary/aromatic N) is 4. The van der Waals surface area contributed by atoms with Crippen LogP contribution in [0.2, 0.25) is 5.02 Å². The molecule has 2 aliphatic rings. The predicted molar refractivity (Wildman–Crippen MR) is 210 cm³/mol. The molecule has 2 aromatic heterocycles. The number of pyridine rings is 1. The van der Waals surface area contributed by atoms with Crippen LogP contribution < -0.4 is 26.3 Å². The third kappa shape index (κ3) is 8.51. The van der Waals surface area contributed by atoms with Gasteiger partial charge in [-0.05, 0) is 93.8 Å². The van der Waals surface area contributed by atoms with E-state index in [0.717, 1.165) is 97.5 Å². The number of likely N-dealkylation sites (tertiary alicyclic amines) is 2. The highest BCUT2D eigenvalue weighted by Gasteiger charge is 2.29. The van der Waals surface area contributed by atoms with Crippen molar-refractivity contribution >= 4 is 17.5 Å². The number of hydrogen-bond acceptors (Lipinski definition) is 8. The fraction of sp³-hybridized carbons (Fsp3) is 0.463. The Kier molecular flexibility index (Phi) is 12.5. The minimum absolute atomic E-state index is 0.0525. The van der Waals surface area contributed by atoms with E-state index in [2.05, 4.69) is 28.9 Å². The van der Waals surface area contributed by atoms with Gasteiger partial charge in [0.25, 0.3) is 17.0 Å². The molecule has 0 atom stereocenters. The van der Waals surface area contributed by atoms with Gasteiger partial charge in [0.05, 0.1) is 37.1 Å². The Hall–Kier alpha value is -4.65. The first-order valence-corrected chi connectivity index (χ1v) is 19.1. The van der Waals surface area contributed by atoms with Gasteiger partial charge in [0.15, 0.2) is 0 Å². The number of methoxy groups -OCH3 is 2. The van der Waals surface area contributed by atoms with Gasteiger partial charge in [-0.25, -0.2) is 4.79 Å². The second kappa shape index (κ2) is 17.2. The van der Waals surface area contributed by atoms with Crippen LogP contribution in [0.3, 0.4) is 0 Å². The lowest BCUT2D eigenvalue weighted by atomic mass is 9.96. The van der Waals surface area contributed by atoms with Gasteiger partial charge in [0.1, 0.15) is 11.5 Å². The Morgan fingerprint density at radius 3 is 2.13 bits per heavy atom. The molecular weight excluding hydrogens is 710 g/mol. The Balaban J connectivity index is 1.01. The number of carbonyl (C=O) groups is 1. The van der Waals surface area contributed by atoms with Crippen molar-refractivity contribution in [1.29, 1.82) is 0 Å². The van der Waals surface area contributed by atoms with E-state index in [9.17, 15) is 19.2 Å². The number of aromatic amines is 1. The summed E-state index contributed by atoms with van der Waals surface area (Å²) in [6, 6.07) is 10.2. The molecule has 1 amide bonds. The predicted octanol–water partition coefficient (Wildman–Crippen LogP) is 5.38. The summed E-state index contributed by atoms with van der Waals surface area (Å²) >= 11 is 6.36. The quantitative estimate of drug-likeness (QED) is 0.204. The topological polar surface area (TPSA) is 128 Å². The Labute approximate surface area is 320 Å². The third-order valence-electron chi connectivity index (χ3n) is 10.8. The summed E-state index contributed by atoms with van der Waals surface area (Å²) in [7, 11) is 3.38. The van der Waals surface area contributed by atoms with E-state index in [4.69, 9.17) is 25.8 Å². The minimum atomic E-state index is -0.626. The van der Waals surface area contributed by atoms with E-state index in [1.54, 1.807) is 37.0 Å². The molecule has 0 saturated carbocycles. The summed E-state index contributed by atoms with van der Waals surface area (Å²) in [6.07, 6.45) is 8.60. The fourth-order valence-electron chi connectivity index (χ4n) is 7.60. The van der Waals surface area contributed by atoms with Crippen molar-refractivity contribution in [1.82, 2.24) is 23.9 Å². The molecule has 0 aliphatic carbocycles. The van der Waals surface area contributed by atoms with E-state index in [-0.39, 0.29) is 23.7 Å². The second-order valence-electron chi connectivity index (χ2n) is 14.2. The molecule has 288 valence electrons. The number of hydrogen-bond donors (Lipinski definition) is 1. The van der Waals surface area contributed by atoms with Gasteiger partial charge < -0.3 is 28.6 Å². The summed E-state index contributed by atoms with van der Waals surface area (Å²) in [5.74, 6) is 1.42. The maximum Gasteiger partial charge on any atom is 0.332 e. The van der Waals surface area contributed by atoms with Crippen LogP contribution in [0, 0.1) is 13.8 Å². The number of nitrogens with one attached hydrogen (secondary N) is 1. The molecule has 6 rings (SSSR count). The zero-order chi connectivity index (χ0) is 38.5. The zero-order valence-corrected chi connectivity index (χ0v) is 32.5. The lowest BCUT2D eigenvalue weighted by Crippen LogP contribution is -2.44. The molecule has 2 saturated heterocycles. The Morgan fingerprint density at radius 1 is 0.870 bits per heavy atom. The number of aryl methyl sites for hydroxylation is 1. The number of amides is 1. The number of benzene rings is 2. The number of piperidine rings is 2. The van der Waals surface area contributed by atoms with Crippen LogP contribution in [0.25, 0.3) is 16.8 Å². The Bertz CT molecular complexity index is 2140. The van der Waals surface area contributed by atoms with Crippen molar-refractivity contribution in [3.63, 3.8) is 0 Å². The van der Waals surface area contributed by atoms with E-state index in [0.29, 0.717) is 35.9 Å². The molecule has 4 aromatic rings. The highest BCUT2D eigenvalue weighted by Crippen LogP contribution is 2.37. The molecule has 0 radical (unpaired) electrons. The number of H-pyrrole nitrogens is 1. The molecule has 1 N–H and O–H groups in total. The SMILES string of the molecule is CCCn1cc(-c2cc(OC)c(CCN3CCC(OC4CCN(C(=O)c5ccc(Cl)c(-n6ccc(=O)[nH]c6=O)c5)CC4)CC3)c(OC)c2)c(C)c(C)c1=O. The van der Waals surface area contributed by atoms with Crippen LogP contribution in [0.1, 0.15) is 66.1 Å². The number of carbonyl (C=O) groups excluding carboxylic acids is 1. The van der Waals surface area contributed by atoms with Crippen molar-refractivity contribution in [2.45, 2.75) is 78.0 Å². The number of rotatable bonds is 12. The summed E-state index contributed by atoms with van der Waals surface area (Å²) in [6.45, 7) is 10.5. The molecule has 54 heavy (non-hydrogen) atoms. The maximum atomic E-state index is 13.4. The van der Waals surface area contributed by atoms with Crippen molar-refractivity contribution in [2.24, 2.45) is 0 Å². The van der Waals surface area contributed by atoms with Gasteiger partial charge in [-0.3, -0.25) is 23.9 Å². The van der Waals surface area contributed by atoms with Crippen molar-refractivity contribution in [3.05, 3.63) is 107 Å². The van der Waals surface area contributed by atoms with Gasteiger partial charge in [-0.2, -0.15) is 0 Å². The summed E-state index contributed by atoms with van der Waals surface area (Å²) in [4.78, 5) is 56.6. The van der Waals surface area contributed by atoms with E-state index in [1.807, 2.05) is 24.9 Å². The van der Waals surface area contributed by atoms with Gasteiger partial charge >= 0.3 is 5.69 Å². The molecule has 4 heterocycles. The average molecular weight is 760 g/mol. The normalized spacial score (nSPS) is 15.8. The van der Waals surface area contributed by atoms with Crippen LogP contribution in [0.5, 0.6) is 11.5 Å². The number of ether oxygens (including phenoxy) is 3. The lowest BCUT2D eigenvalue weighted by Gasteiger charge is -2.37. The molecule has 12 nitrogen and oxygen atoms in total. The van der Waals surface area contributed by atoms with Crippen LogP contribution in [0.4, 0.5) is 0 Å². The zero-order valence-electron chi connectivity index (χ0n) is 31.8. The summed E-state index contributed by atoms with van der Waals surface area (Å²) < 4.78 is 21.4. The smallest absolute Gasteiger partial charge is 0.332 e. The van der Waals surface area contributed by atoms with Crippen molar-refractivity contribution < 1.29 is 19.0 Å². The van der Waals surface area contributed by atoms with Crippen molar-refractivity contribution in [3.8, 4) is 28.3 Å². The minimum Gasteiger partial charge on any atom is -0.496 e. The van der Waals surface area contributed by atoms with Gasteiger partial charge in [0.2, 0.25) is 0 Å². The fourth-order valence-corrected chi connectivity index (χ4v) is 7.81. The lowest BCUT2D eigenvalue weighted by molar-refractivity contribution is -0.0620. The van der Waals surface area contributed by atoms with Crippen LogP contribution in [0.15, 0.2) is 63.2 Å². The van der Waals surface area contributed by atoms with E-state index >= 15 is 0 Å². The third-order valence-corrected chi connectivity index (χ3v) is 11.1. The van der Waals surface area contributed by atoms with Crippen LogP contribution in [-0.4, -0.2) is 89.0 Å². The van der Waals surface area contributed by atoms with Crippen molar-refractivity contribution in [2.75, 3.05) is 46.9 Å². The van der Waals surface area contributed by atoms with Gasteiger partial charge in [-0.1, -0.05) is 18.5 Å². The van der Waals surface area contributed by atoms with E-state index in [1.165, 1.54) is 16.8 Å². The largest absolute Gasteiger partial charge is 0.496 e. The maximum absolute atomic E-state index is 13.4. The van der Waals surface area contributed by atoms with Crippen LogP contribution in [-0.2, 0) is 17.7 Å². The first-order chi connectivity index (χ1) is 26.0. The number of aromatic nitrogens is 3. The monoisotopic (exact) mass is 759 g/mol. The van der Waals surface area contributed by atoms with Gasteiger partial charge in [-0.15, -0.1) is 0 Å². The summed E-state index contributed by atoms with van der Waals surface area (Å²) in [5.41, 5.74) is 4.38. The highest BCUT2D eigenvalue weighted by molar-refractivity contribution is 6.32. The molecule has 2 aromatic carbocycles. The van der Waals surface area contributed by atoms with E-state index < -0.39 is 11.2 Å². The molecule has 0 bridgehead atoms. The first-order valence-electron chi connectivity index (χ1n) is 18.8. The van der Waals surface area contributed by atoms with Crippen LogP contribution >= 0.6 is 11.6 Å².